The molecule has 0 atom stereocenters. The Balaban J connectivity index is 2.68. The number of pyridine rings is 1. The minimum Gasteiger partial charge on any atom is -0.507 e. The summed E-state index contributed by atoms with van der Waals surface area (Å²) >= 11 is 0. The lowest BCUT2D eigenvalue weighted by Gasteiger charge is -2.09. The van der Waals surface area contributed by atoms with E-state index in [1.807, 2.05) is 31.2 Å². The van der Waals surface area contributed by atoms with Crippen LogP contribution in [-0.4, -0.2) is 10.1 Å². The summed E-state index contributed by atoms with van der Waals surface area (Å²) in [4.78, 5) is 14.4. The number of aromatic amines is 1. The van der Waals surface area contributed by atoms with Gasteiger partial charge < -0.3 is 10.1 Å². The van der Waals surface area contributed by atoms with Crippen LogP contribution in [0.25, 0.3) is 11.3 Å². The second-order valence-electron chi connectivity index (χ2n) is 4.29. The number of aromatic nitrogens is 1. The van der Waals surface area contributed by atoms with Gasteiger partial charge in [-0.25, -0.2) is 0 Å². The van der Waals surface area contributed by atoms with Gasteiger partial charge in [-0.1, -0.05) is 29.8 Å². The molecular weight excluding hydrogens is 214 g/mol. The van der Waals surface area contributed by atoms with Gasteiger partial charge in [0.2, 0.25) is 0 Å². The average molecular weight is 229 g/mol. The topological polar surface area (TPSA) is 53.1 Å². The molecule has 2 aromatic rings. The minimum absolute atomic E-state index is 0.0734. The Morgan fingerprint density at radius 2 is 1.59 bits per heavy atom. The Bertz CT molecular complexity index is 609. The van der Waals surface area contributed by atoms with Gasteiger partial charge in [-0.05, 0) is 26.3 Å². The third kappa shape index (κ3) is 1.96. The number of benzene rings is 1. The maximum Gasteiger partial charge on any atom is 0.255 e. The Morgan fingerprint density at radius 3 is 2.18 bits per heavy atom. The van der Waals surface area contributed by atoms with Crippen molar-refractivity contribution in [2.24, 2.45) is 0 Å². The second kappa shape index (κ2) is 4.09. The number of rotatable bonds is 1. The first-order chi connectivity index (χ1) is 8.00. The van der Waals surface area contributed by atoms with Crippen LogP contribution in [0.5, 0.6) is 5.75 Å². The van der Waals surface area contributed by atoms with Crippen LogP contribution < -0.4 is 5.56 Å². The van der Waals surface area contributed by atoms with Crippen molar-refractivity contribution in [3.8, 4) is 17.0 Å². The molecule has 2 N–H and O–H groups in total. The average Bonchev–Trinajstić information content (AvgIpc) is 2.32. The maximum atomic E-state index is 11.6. The van der Waals surface area contributed by atoms with Gasteiger partial charge in [-0.2, -0.15) is 0 Å². The number of H-pyrrole nitrogens is 1. The molecule has 3 heteroatoms. The maximum absolute atomic E-state index is 11.6. The highest BCUT2D eigenvalue weighted by Crippen LogP contribution is 2.27. The van der Waals surface area contributed by atoms with Crippen LogP contribution in [-0.2, 0) is 0 Å². The van der Waals surface area contributed by atoms with Crippen molar-refractivity contribution in [3.63, 3.8) is 0 Å². The smallest absolute Gasteiger partial charge is 0.255 e. The Kier molecular flexibility index (Phi) is 2.76. The standard InChI is InChI=1S/C14H15NO2/c1-8-4-6-11(7-5-8)12-9(2)13(16)10(3)14(17)15-12/h4-7H,1-3H3,(H2,15,16,17). The fraction of sp³-hybridized carbons (Fsp3) is 0.214. The summed E-state index contributed by atoms with van der Waals surface area (Å²) in [6, 6.07) is 7.82. The van der Waals surface area contributed by atoms with Gasteiger partial charge >= 0.3 is 0 Å². The molecule has 0 aliphatic carbocycles. The van der Waals surface area contributed by atoms with Crippen molar-refractivity contribution >= 4 is 0 Å². The molecule has 0 unspecified atom stereocenters. The van der Waals surface area contributed by atoms with Crippen molar-refractivity contribution in [3.05, 3.63) is 51.3 Å². The lowest BCUT2D eigenvalue weighted by atomic mass is 10.0. The summed E-state index contributed by atoms with van der Waals surface area (Å²) in [7, 11) is 0. The quantitative estimate of drug-likeness (QED) is 0.789. The lowest BCUT2D eigenvalue weighted by molar-refractivity contribution is 0.465. The molecule has 0 bridgehead atoms. The molecule has 0 aliphatic heterocycles. The van der Waals surface area contributed by atoms with E-state index in [1.165, 1.54) is 0 Å². The van der Waals surface area contributed by atoms with E-state index < -0.39 is 0 Å². The number of hydrogen-bond acceptors (Lipinski definition) is 2. The van der Waals surface area contributed by atoms with Gasteiger partial charge in [0, 0.05) is 5.56 Å². The van der Waals surface area contributed by atoms with Crippen molar-refractivity contribution in [2.75, 3.05) is 0 Å². The van der Waals surface area contributed by atoms with Crippen molar-refractivity contribution in [1.82, 2.24) is 4.98 Å². The number of nitrogens with one attached hydrogen (secondary N) is 1. The number of aryl methyl sites for hydroxylation is 1. The van der Waals surface area contributed by atoms with Gasteiger partial charge in [0.05, 0.1) is 11.3 Å². The van der Waals surface area contributed by atoms with E-state index in [1.54, 1.807) is 13.8 Å². The highest BCUT2D eigenvalue weighted by molar-refractivity contribution is 5.66. The molecule has 0 fully saturated rings. The molecule has 88 valence electrons. The molecule has 3 nitrogen and oxygen atoms in total. The molecule has 0 spiro atoms. The summed E-state index contributed by atoms with van der Waals surface area (Å²) in [5, 5.41) is 9.86. The zero-order chi connectivity index (χ0) is 12.6. The summed E-state index contributed by atoms with van der Waals surface area (Å²) in [5.41, 5.74) is 3.55. The molecule has 0 amide bonds. The molecular formula is C14H15NO2. The third-order valence-corrected chi connectivity index (χ3v) is 3.00. The zero-order valence-electron chi connectivity index (χ0n) is 10.2. The zero-order valence-corrected chi connectivity index (χ0v) is 10.2. The first-order valence-electron chi connectivity index (χ1n) is 5.50. The Hall–Kier alpha value is -2.03. The van der Waals surface area contributed by atoms with Gasteiger partial charge in [0.25, 0.3) is 5.56 Å². The van der Waals surface area contributed by atoms with E-state index in [2.05, 4.69) is 4.98 Å². The summed E-state index contributed by atoms with van der Waals surface area (Å²) < 4.78 is 0. The molecule has 0 aliphatic rings. The van der Waals surface area contributed by atoms with E-state index in [0.717, 1.165) is 11.1 Å². The first-order valence-corrected chi connectivity index (χ1v) is 5.50. The van der Waals surface area contributed by atoms with Gasteiger partial charge in [-0.15, -0.1) is 0 Å². The number of aromatic hydroxyl groups is 1. The normalized spacial score (nSPS) is 10.5. The predicted molar refractivity (Wildman–Crippen MR) is 68.4 cm³/mol. The molecule has 1 aromatic heterocycles. The third-order valence-electron chi connectivity index (χ3n) is 3.00. The van der Waals surface area contributed by atoms with Crippen LogP contribution >= 0.6 is 0 Å². The monoisotopic (exact) mass is 229 g/mol. The van der Waals surface area contributed by atoms with Crippen LogP contribution in [0.1, 0.15) is 16.7 Å². The summed E-state index contributed by atoms with van der Waals surface area (Å²) in [6.45, 7) is 5.42. The van der Waals surface area contributed by atoms with E-state index >= 15 is 0 Å². The van der Waals surface area contributed by atoms with Crippen molar-refractivity contribution in [1.29, 1.82) is 0 Å². The molecule has 2 rings (SSSR count). The SMILES string of the molecule is Cc1ccc(-c2[nH]c(=O)c(C)c(O)c2C)cc1. The fourth-order valence-corrected chi connectivity index (χ4v) is 1.82. The van der Waals surface area contributed by atoms with Gasteiger partial charge in [0.15, 0.2) is 0 Å². The highest BCUT2D eigenvalue weighted by atomic mass is 16.3. The van der Waals surface area contributed by atoms with E-state index in [0.29, 0.717) is 16.8 Å². The molecule has 0 radical (unpaired) electrons. The molecule has 1 heterocycles. The molecule has 1 aromatic carbocycles. The first kappa shape index (κ1) is 11.5. The van der Waals surface area contributed by atoms with Crippen molar-refractivity contribution in [2.45, 2.75) is 20.8 Å². The Labute approximate surface area is 99.8 Å². The highest BCUT2D eigenvalue weighted by Gasteiger charge is 2.11. The van der Waals surface area contributed by atoms with E-state index in [9.17, 15) is 9.90 Å². The molecule has 0 saturated carbocycles. The van der Waals surface area contributed by atoms with Gasteiger partial charge in [-0.3, -0.25) is 4.79 Å². The van der Waals surface area contributed by atoms with E-state index in [4.69, 9.17) is 0 Å². The van der Waals surface area contributed by atoms with Crippen LogP contribution in [0.2, 0.25) is 0 Å². The Morgan fingerprint density at radius 1 is 1.00 bits per heavy atom. The van der Waals surface area contributed by atoms with Gasteiger partial charge in [0.1, 0.15) is 5.75 Å². The second-order valence-corrected chi connectivity index (χ2v) is 4.29. The lowest BCUT2D eigenvalue weighted by Crippen LogP contribution is -2.11. The molecule has 0 saturated heterocycles. The van der Waals surface area contributed by atoms with E-state index in [-0.39, 0.29) is 11.3 Å². The van der Waals surface area contributed by atoms with Crippen LogP contribution in [0, 0.1) is 20.8 Å². The molecule has 17 heavy (non-hydrogen) atoms. The largest absolute Gasteiger partial charge is 0.507 e. The van der Waals surface area contributed by atoms with Crippen LogP contribution in [0.4, 0.5) is 0 Å². The number of hydrogen-bond donors (Lipinski definition) is 2. The van der Waals surface area contributed by atoms with Crippen LogP contribution in [0.3, 0.4) is 0 Å². The summed E-state index contributed by atoms with van der Waals surface area (Å²) in [6.07, 6.45) is 0. The fourth-order valence-electron chi connectivity index (χ4n) is 1.82. The predicted octanol–water partition coefficient (Wildman–Crippen LogP) is 2.67. The van der Waals surface area contributed by atoms with Crippen molar-refractivity contribution < 1.29 is 5.11 Å². The van der Waals surface area contributed by atoms with Crippen LogP contribution in [0.15, 0.2) is 29.1 Å². The summed E-state index contributed by atoms with van der Waals surface area (Å²) in [5.74, 6) is 0.0734. The minimum atomic E-state index is -0.247.